The van der Waals surface area contributed by atoms with Gasteiger partial charge in [0.2, 0.25) is 0 Å². The topological polar surface area (TPSA) is 37.4 Å². The van der Waals surface area contributed by atoms with Crippen molar-refractivity contribution in [2.45, 2.75) is 18.7 Å². The lowest BCUT2D eigenvalue weighted by molar-refractivity contribution is 0.594. The lowest BCUT2D eigenvalue weighted by Crippen LogP contribution is -2.27. The molecule has 0 saturated heterocycles. The van der Waals surface area contributed by atoms with Crippen molar-refractivity contribution in [3.8, 4) is 0 Å². The van der Waals surface area contributed by atoms with E-state index in [0.717, 1.165) is 15.6 Å². The van der Waals surface area contributed by atoms with Crippen LogP contribution in [0.3, 0.4) is 0 Å². The standard InChI is InChI=1S/C15H15Br2NO2S/c1-10-4-6-14(11(2)8-10)18(3)21(19,20)15-7-5-12(16)9-13(15)17/h4-9H,1-3H3. The monoisotopic (exact) mass is 431 g/mol. The van der Waals surface area contributed by atoms with Crippen molar-refractivity contribution in [3.05, 3.63) is 56.5 Å². The number of halogens is 2. The molecule has 3 nitrogen and oxygen atoms in total. The highest BCUT2D eigenvalue weighted by Crippen LogP contribution is 2.31. The maximum Gasteiger partial charge on any atom is 0.265 e. The summed E-state index contributed by atoms with van der Waals surface area (Å²) in [5, 5.41) is 0. The van der Waals surface area contributed by atoms with Gasteiger partial charge in [-0.2, -0.15) is 0 Å². The molecule has 2 aromatic rings. The van der Waals surface area contributed by atoms with E-state index in [9.17, 15) is 8.42 Å². The molecule has 0 radical (unpaired) electrons. The first-order valence-corrected chi connectivity index (χ1v) is 9.27. The van der Waals surface area contributed by atoms with E-state index in [1.807, 2.05) is 32.0 Å². The van der Waals surface area contributed by atoms with E-state index in [1.165, 1.54) is 4.31 Å². The molecular formula is C15H15Br2NO2S. The van der Waals surface area contributed by atoms with Crippen molar-refractivity contribution in [1.82, 2.24) is 0 Å². The average Bonchev–Trinajstić information content (AvgIpc) is 2.37. The second kappa shape index (κ2) is 6.10. The SMILES string of the molecule is Cc1ccc(N(C)S(=O)(=O)c2ccc(Br)cc2Br)c(C)c1. The molecule has 0 amide bonds. The summed E-state index contributed by atoms with van der Waals surface area (Å²) in [5.74, 6) is 0. The molecule has 0 atom stereocenters. The zero-order chi connectivity index (χ0) is 15.8. The van der Waals surface area contributed by atoms with Gasteiger partial charge in [0.1, 0.15) is 4.90 Å². The van der Waals surface area contributed by atoms with E-state index in [1.54, 1.807) is 25.2 Å². The van der Waals surface area contributed by atoms with Crippen LogP contribution in [0, 0.1) is 13.8 Å². The van der Waals surface area contributed by atoms with Gasteiger partial charge in [-0.15, -0.1) is 0 Å². The van der Waals surface area contributed by atoms with Crippen LogP contribution in [0.4, 0.5) is 5.69 Å². The molecule has 0 bridgehead atoms. The molecule has 0 aromatic heterocycles. The molecular weight excluding hydrogens is 418 g/mol. The molecule has 0 fully saturated rings. The largest absolute Gasteiger partial charge is 0.269 e. The van der Waals surface area contributed by atoms with Crippen molar-refractivity contribution >= 4 is 47.6 Å². The summed E-state index contributed by atoms with van der Waals surface area (Å²) in [6, 6.07) is 10.7. The summed E-state index contributed by atoms with van der Waals surface area (Å²) in [4.78, 5) is 0.244. The lowest BCUT2D eigenvalue weighted by atomic mass is 10.1. The van der Waals surface area contributed by atoms with E-state index < -0.39 is 10.0 Å². The third-order valence-corrected chi connectivity index (χ3v) is 6.47. The van der Waals surface area contributed by atoms with Crippen LogP contribution in [-0.2, 0) is 10.0 Å². The van der Waals surface area contributed by atoms with Crippen LogP contribution >= 0.6 is 31.9 Å². The highest BCUT2D eigenvalue weighted by Gasteiger charge is 2.24. The van der Waals surface area contributed by atoms with Gasteiger partial charge in [0.15, 0.2) is 0 Å². The van der Waals surface area contributed by atoms with Crippen molar-refractivity contribution < 1.29 is 8.42 Å². The molecule has 0 N–H and O–H groups in total. The summed E-state index contributed by atoms with van der Waals surface area (Å²) < 4.78 is 28.2. The Labute approximate surface area is 142 Å². The molecule has 112 valence electrons. The average molecular weight is 433 g/mol. The van der Waals surface area contributed by atoms with Crippen LogP contribution in [0.15, 0.2) is 50.2 Å². The van der Waals surface area contributed by atoms with Gasteiger partial charge in [0.05, 0.1) is 5.69 Å². The van der Waals surface area contributed by atoms with Crippen molar-refractivity contribution in [1.29, 1.82) is 0 Å². The minimum absolute atomic E-state index is 0.244. The van der Waals surface area contributed by atoms with Crippen molar-refractivity contribution in [2.75, 3.05) is 11.4 Å². The van der Waals surface area contributed by atoms with E-state index in [2.05, 4.69) is 31.9 Å². The first-order chi connectivity index (χ1) is 9.73. The smallest absolute Gasteiger partial charge is 0.265 e. The molecule has 2 rings (SSSR count). The molecule has 0 spiro atoms. The minimum atomic E-state index is -3.61. The van der Waals surface area contributed by atoms with Gasteiger partial charge in [-0.1, -0.05) is 33.6 Å². The summed E-state index contributed by atoms with van der Waals surface area (Å²) in [5.41, 5.74) is 2.71. The van der Waals surface area contributed by atoms with Gasteiger partial charge in [-0.05, 0) is 59.6 Å². The first kappa shape index (κ1) is 16.5. The number of benzene rings is 2. The number of hydrogen-bond acceptors (Lipinski definition) is 2. The molecule has 2 aromatic carbocycles. The minimum Gasteiger partial charge on any atom is -0.269 e. The zero-order valence-electron chi connectivity index (χ0n) is 11.9. The number of anilines is 1. The number of hydrogen-bond donors (Lipinski definition) is 0. The molecule has 0 aliphatic carbocycles. The predicted molar refractivity (Wildman–Crippen MR) is 93.3 cm³/mol. The summed E-state index contributed by atoms with van der Waals surface area (Å²) in [6.07, 6.45) is 0. The van der Waals surface area contributed by atoms with Gasteiger partial charge < -0.3 is 0 Å². The lowest BCUT2D eigenvalue weighted by Gasteiger charge is -2.22. The maximum absolute atomic E-state index is 12.8. The third-order valence-electron chi connectivity index (χ3n) is 3.22. The van der Waals surface area contributed by atoms with E-state index in [-0.39, 0.29) is 4.90 Å². The molecule has 0 aliphatic rings. The molecule has 21 heavy (non-hydrogen) atoms. The highest BCUT2D eigenvalue weighted by molar-refractivity contribution is 9.11. The number of aryl methyl sites for hydroxylation is 2. The van der Waals surface area contributed by atoms with E-state index in [0.29, 0.717) is 10.2 Å². The first-order valence-electron chi connectivity index (χ1n) is 6.24. The van der Waals surface area contributed by atoms with E-state index >= 15 is 0 Å². The zero-order valence-corrected chi connectivity index (χ0v) is 15.9. The van der Waals surface area contributed by atoms with E-state index in [4.69, 9.17) is 0 Å². The molecule has 0 saturated carbocycles. The second-order valence-corrected chi connectivity index (χ2v) is 8.54. The molecule has 6 heteroatoms. The van der Waals surface area contributed by atoms with Gasteiger partial charge in [0.25, 0.3) is 10.0 Å². The highest BCUT2D eigenvalue weighted by atomic mass is 79.9. The quantitative estimate of drug-likeness (QED) is 0.707. The van der Waals surface area contributed by atoms with Crippen LogP contribution in [-0.4, -0.2) is 15.5 Å². The van der Waals surface area contributed by atoms with Crippen LogP contribution in [0.5, 0.6) is 0 Å². The Kier molecular flexibility index (Phi) is 4.80. The van der Waals surface area contributed by atoms with Crippen molar-refractivity contribution in [2.24, 2.45) is 0 Å². The fourth-order valence-electron chi connectivity index (χ4n) is 2.12. The summed E-state index contributed by atoms with van der Waals surface area (Å²) >= 11 is 6.64. The Morgan fingerprint density at radius 3 is 2.24 bits per heavy atom. The van der Waals surface area contributed by atoms with Crippen LogP contribution in [0.25, 0.3) is 0 Å². The van der Waals surface area contributed by atoms with Crippen LogP contribution in [0.2, 0.25) is 0 Å². The Bertz CT molecular complexity index is 788. The van der Waals surface area contributed by atoms with Crippen LogP contribution in [0.1, 0.15) is 11.1 Å². The van der Waals surface area contributed by atoms with Crippen LogP contribution < -0.4 is 4.31 Å². The van der Waals surface area contributed by atoms with Gasteiger partial charge in [-0.25, -0.2) is 8.42 Å². The molecule has 0 aliphatic heterocycles. The third kappa shape index (κ3) is 3.33. The Hall–Kier alpha value is -0.850. The Balaban J connectivity index is 2.52. The Morgan fingerprint density at radius 1 is 1.00 bits per heavy atom. The fourth-order valence-corrected chi connectivity index (χ4v) is 5.09. The molecule has 0 heterocycles. The number of rotatable bonds is 3. The normalized spacial score (nSPS) is 11.5. The molecule has 0 unspecified atom stereocenters. The summed E-state index contributed by atoms with van der Waals surface area (Å²) in [6.45, 7) is 3.89. The Morgan fingerprint density at radius 2 is 1.67 bits per heavy atom. The number of sulfonamides is 1. The van der Waals surface area contributed by atoms with Gasteiger partial charge in [0, 0.05) is 16.0 Å². The second-order valence-electron chi connectivity index (χ2n) is 4.84. The fraction of sp³-hybridized carbons (Fsp3) is 0.200. The van der Waals surface area contributed by atoms with Gasteiger partial charge in [-0.3, -0.25) is 4.31 Å². The maximum atomic E-state index is 12.8. The van der Waals surface area contributed by atoms with Gasteiger partial charge >= 0.3 is 0 Å². The summed E-state index contributed by atoms with van der Waals surface area (Å²) in [7, 11) is -2.04. The predicted octanol–water partition coefficient (Wildman–Crippen LogP) is 4.65. The number of nitrogens with zero attached hydrogens (tertiary/aromatic N) is 1. The van der Waals surface area contributed by atoms with Crippen molar-refractivity contribution in [3.63, 3.8) is 0 Å².